The molecular formula is C23H21ClN4O. The van der Waals surface area contributed by atoms with Crippen molar-refractivity contribution in [1.82, 2.24) is 15.6 Å². The Balaban J connectivity index is 1.65. The number of rotatable bonds is 4. The largest absolute Gasteiger partial charge is 0.345 e. The van der Waals surface area contributed by atoms with E-state index >= 15 is 0 Å². The van der Waals surface area contributed by atoms with Crippen LogP contribution in [0.1, 0.15) is 40.4 Å². The molecule has 1 aromatic heterocycles. The summed E-state index contributed by atoms with van der Waals surface area (Å²) in [6.45, 7) is 1.83. The number of nitrogens with one attached hydrogen (secondary N) is 2. The van der Waals surface area contributed by atoms with Gasteiger partial charge in [0.15, 0.2) is 0 Å². The molecule has 0 saturated carbocycles. The summed E-state index contributed by atoms with van der Waals surface area (Å²) in [7, 11) is 0. The van der Waals surface area contributed by atoms with Crippen molar-refractivity contribution in [3.8, 4) is 6.07 Å². The number of hydrogen-bond donors (Lipinski definition) is 2. The summed E-state index contributed by atoms with van der Waals surface area (Å²) >= 11 is 6.12. The molecule has 5 nitrogen and oxygen atoms in total. The first-order valence-corrected chi connectivity index (χ1v) is 10.1. The molecule has 0 bridgehead atoms. The molecule has 1 atom stereocenters. The number of benzene rings is 2. The van der Waals surface area contributed by atoms with E-state index in [4.69, 9.17) is 11.6 Å². The number of fused-ring (bicyclic) bond motifs is 1. The van der Waals surface area contributed by atoms with Gasteiger partial charge < -0.3 is 10.6 Å². The summed E-state index contributed by atoms with van der Waals surface area (Å²) in [5, 5.41) is 18.3. The van der Waals surface area contributed by atoms with Crippen LogP contribution in [0.5, 0.6) is 0 Å². The summed E-state index contributed by atoms with van der Waals surface area (Å²) in [6, 6.07) is 14.9. The maximum Gasteiger partial charge on any atom is 0.251 e. The Morgan fingerprint density at radius 3 is 2.79 bits per heavy atom. The third kappa shape index (κ3) is 4.24. The molecule has 6 heteroatoms. The van der Waals surface area contributed by atoms with Crippen LogP contribution in [-0.2, 0) is 0 Å². The van der Waals surface area contributed by atoms with E-state index in [2.05, 4.69) is 21.7 Å². The lowest BCUT2D eigenvalue weighted by atomic mass is 9.85. The molecule has 1 amide bonds. The van der Waals surface area contributed by atoms with E-state index in [9.17, 15) is 10.1 Å². The molecule has 0 spiro atoms. The molecule has 29 heavy (non-hydrogen) atoms. The molecule has 1 saturated heterocycles. The summed E-state index contributed by atoms with van der Waals surface area (Å²) in [6.07, 6.45) is 5.42. The van der Waals surface area contributed by atoms with E-state index in [0.29, 0.717) is 16.1 Å². The molecule has 1 aliphatic heterocycles. The molecule has 146 valence electrons. The monoisotopic (exact) mass is 404 g/mol. The summed E-state index contributed by atoms with van der Waals surface area (Å²) in [5.41, 5.74) is 1.95. The second kappa shape index (κ2) is 8.60. The quantitative estimate of drug-likeness (QED) is 0.682. The lowest BCUT2D eigenvalue weighted by molar-refractivity contribution is 0.0914. The highest BCUT2D eigenvalue weighted by Crippen LogP contribution is 2.31. The molecule has 1 aliphatic rings. The van der Waals surface area contributed by atoms with E-state index < -0.39 is 0 Å². The van der Waals surface area contributed by atoms with Gasteiger partial charge in [0.05, 0.1) is 16.6 Å². The fourth-order valence-corrected chi connectivity index (χ4v) is 4.08. The van der Waals surface area contributed by atoms with Crippen LogP contribution in [0, 0.1) is 17.2 Å². The third-order valence-corrected chi connectivity index (χ3v) is 5.84. The van der Waals surface area contributed by atoms with Gasteiger partial charge in [-0.05, 0) is 73.1 Å². The van der Waals surface area contributed by atoms with E-state index in [1.807, 2.05) is 30.3 Å². The number of hydrogen-bond acceptors (Lipinski definition) is 4. The van der Waals surface area contributed by atoms with Gasteiger partial charge in [-0.25, -0.2) is 0 Å². The smallest absolute Gasteiger partial charge is 0.251 e. The van der Waals surface area contributed by atoms with Crippen LogP contribution in [-0.4, -0.2) is 24.0 Å². The van der Waals surface area contributed by atoms with Crippen molar-refractivity contribution in [3.05, 3.63) is 76.6 Å². The van der Waals surface area contributed by atoms with Crippen LogP contribution in [0.25, 0.3) is 10.8 Å². The topological polar surface area (TPSA) is 77.8 Å². The Morgan fingerprint density at radius 1 is 1.17 bits per heavy atom. The van der Waals surface area contributed by atoms with Crippen LogP contribution in [0.3, 0.4) is 0 Å². The van der Waals surface area contributed by atoms with Crippen LogP contribution in [0.2, 0.25) is 5.02 Å². The summed E-state index contributed by atoms with van der Waals surface area (Å²) in [4.78, 5) is 17.2. The molecule has 2 N–H and O–H groups in total. The minimum absolute atomic E-state index is 0.124. The number of aromatic nitrogens is 1. The number of halogens is 1. The van der Waals surface area contributed by atoms with Crippen LogP contribution in [0.4, 0.5) is 0 Å². The van der Waals surface area contributed by atoms with Crippen molar-refractivity contribution >= 4 is 28.3 Å². The normalized spacial score (nSPS) is 15.6. The Bertz CT molecular complexity index is 1090. The molecular weight excluding hydrogens is 384 g/mol. The average molecular weight is 405 g/mol. The van der Waals surface area contributed by atoms with Gasteiger partial charge in [-0.3, -0.25) is 9.78 Å². The molecule has 0 radical (unpaired) electrons. The van der Waals surface area contributed by atoms with Crippen LogP contribution >= 0.6 is 11.6 Å². The molecule has 3 aromatic rings. The SMILES string of the molecule is N#Cc1cc(C(NC(=O)c2ccc3cnccc3c2)C2CCNCC2)ccc1Cl. The first-order chi connectivity index (χ1) is 14.2. The Kier molecular flexibility index (Phi) is 5.75. The van der Waals surface area contributed by atoms with E-state index in [-0.39, 0.29) is 17.9 Å². The predicted octanol–water partition coefficient (Wildman–Crippen LogP) is 4.23. The van der Waals surface area contributed by atoms with Crippen LogP contribution in [0.15, 0.2) is 54.9 Å². The van der Waals surface area contributed by atoms with E-state index in [0.717, 1.165) is 42.3 Å². The molecule has 4 rings (SSSR count). The van der Waals surface area contributed by atoms with E-state index in [1.54, 1.807) is 24.5 Å². The molecule has 0 aliphatic carbocycles. The lowest BCUT2D eigenvalue weighted by Gasteiger charge is -2.32. The Labute approximate surface area is 174 Å². The highest BCUT2D eigenvalue weighted by molar-refractivity contribution is 6.31. The van der Waals surface area contributed by atoms with Crippen molar-refractivity contribution in [2.75, 3.05) is 13.1 Å². The van der Waals surface area contributed by atoms with Gasteiger partial charge in [0.1, 0.15) is 6.07 Å². The van der Waals surface area contributed by atoms with Gasteiger partial charge in [-0.15, -0.1) is 0 Å². The molecule has 2 aromatic carbocycles. The summed E-state index contributed by atoms with van der Waals surface area (Å²) < 4.78 is 0. The molecule has 1 fully saturated rings. The predicted molar refractivity (Wildman–Crippen MR) is 114 cm³/mol. The van der Waals surface area contributed by atoms with Crippen molar-refractivity contribution in [2.24, 2.45) is 5.92 Å². The zero-order valence-corrected chi connectivity index (χ0v) is 16.6. The highest BCUT2D eigenvalue weighted by Gasteiger charge is 2.27. The van der Waals surface area contributed by atoms with Gasteiger partial charge in [0.25, 0.3) is 5.91 Å². The minimum Gasteiger partial charge on any atom is -0.345 e. The van der Waals surface area contributed by atoms with Gasteiger partial charge in [0, 0.05) is 23.3 Å². The summed E-state index contributed by atoms with van der Waals surface area (Å²) in [5.74, 6) is 0.165. The number of amides is 1. The minimum atomic E-state index is -0.179. The van der Waals surface area contributed by atoms with Crippen molar-refractivity contribution < 1.29 is 4.79 Å². The van der Waals surface area contributed by atoms with E-state index in [1.165, 1.54) is 0 Å². The fourth-order valence-electron chi connectivity index (χ4n) is 3.92. The Morgan fingerprint density at radius 2 is 2.00 bits per heavy atom. The maximum atomic E-state index is 13.1. The average Bonchev–Trinajstić information content (AvgIpc) is 2.78. The Hall–Kier alpha value is -2.94. The van der Waals surface area contributed by atoms with Crippen LogP contribution < -0.4 is 10.6 Å². The second-order valence-electron chi connectivity index (χ2n) is 7.33. The number of pyridine rings is 1. The zero-order chi connectivity index (χ0) is 20.2. The fraction of sp³-hybridized carbons (Fsp3) is 0.261. The van der Waals surface area contributed by atoms with Crippen molar-refractivity contribution in [2.45, 2.75) is 18.9 Å². The standard InChI is InChI=1S/C23H21ClN4O/c24-21-4-3-17(12-20(21)13-25)22(15-5-8-26-9-6-15)28-23(29)18-1-2-19-14-27-10-7-16(19)11-18/h1-4,7,10-12,14-15,22,26H,5-6,8-9H2,(H,28,29). The third-order valence-electron chi connectivity index (χ3n) is 5.51. The number of carbonyl (C=O) groups is 1. The molecule has 1 unspecified atom stereocenters. The highest BCUT2D eigenvalue weighted by atomic mass is 35.5. The van der Waals surface area contributed by atoms with Crippen molar-refractivity contribution in [1.29, 1.82) is 5.26 Å². The number of piperidine rings is 1. The lowest BCUT2D eigenvalue weighted by Crippen LogP contribution is -2.39. The molecule has 2 heterocycles. The number of carbonyl (C=O) groups excluding carboxylic acids is 1. The maximum absolute atomic E-state index is 13.1. The van der Waals surface area contributed by atoms with Gasteiger partial charge in [0.2, 0.25) is 0 Å². The first kappa shape index (κ1) is 19.4. The second-order valence-corrected chi connectivity index (χ2v) is 7.73. The van der Waals surface area contributed by atoms with Gasteiger partial charge in [-0.2, -0.15) is 5.26 Å². The zero-order valence-electron chi connectivity index (χ0n) is 15.9. The van der Waals surface area contributed by atoms with Gasteiger partial charge in [-0.1, -0.05) is 23.7 Å². The number of nitriles is 1. The first-order valence-electron chi connectivity index (χ1n) is 9.70. The van der Waals surface area contributed by atoms with Gasteiger partial charge >= 0.3 is 0 Å². The van der Waals surface area contributed by atoms with Crippen molar-refractivity contribution in [3.63, 3.8) is 0 Å². The number of nitrogens with zero attached hydrogens (tertiary/aromatic N) is 2.